The number of anilines is 2. The number of carbonyl (C=O) groups excluding carboxylic acids is 1. The van der Waals surface area contributed by atoms with Gasteiger partial charge in [0.15, 0.2) is 5.82 Å². The topological polar surface area (TPSA) is 85.9 Å². The van der Waals surface area contributed by atoms with Crippen LogP contribution in [-0.2, 0) is 18.3 Å². The molecule has 10 heteroatoms. The number of nitrogens with one attached hydrogen (secondary N) is 3. The normalized spacial score (nSPS) is 20.9. The van der Waals surface area contributed by atoms with Gasteiger partial charge in [0, 0.05) is 17.5 Å². The number of hydrogen-bond donors (Lipinski definition) is 3. The molecule has 7 nitrogen and oxygen atoms in total. The van der Waals surface area contributed by atoms with Crippen molar-refractivity contribution in [1.29, 1.82) is 0 Å². The van der Waals surface area contributed by atoms with Gasteiger partial charge in [-0.2, -0.15) is 18.3 Å². The van der Waals surface area contributed by atoms with Crippen LogP contribution in [0, 0.1) is 0 Å². The van der Waals surface area contributed by atoms with E-state index >= 15 is 0 Å². The number of amides is 2. The molecule has 5 rings (SSSR count). The number of nitrogens with zero attached hydrogens (tertiary/aromatic N) is 3. The molecule has 0 bridgehead atoms. The van der Waals surface area contributed by atoms with Gasteiger partial charge in [0.25, 0.3) is 0 Å². The van der Waals surface area contributed by atoms with Gasteiger partial charge in [0.1, 0.15) is 11.5 Å². The van der Waals surface area contributed by atoms with Crippen molar-refractivity contribution in [3.8, 4) is 0 Å². The number of aromatic amines is 1. The summed E-state index contributed by atoms with van der Waals surface area (Å²) in [4.78, 5) is 18.4. The van der Waals surface area contributed by atoms with Crippen molar-refractivity contribution in [3.63, 3.8) is 0 Å². The van der Waals surface area contributed by atoms with Crippen LogP contribution in [0.1, 0.15) is 48.7 Å². The average molecular weight is 456 g/mol. The second kappa shape index (κ2) is 7.50. The fraction of sp³-hybridized carbons (Fsp3) is 0.348. The fourth-order valence-electron chi connectivity index (χ4n) is 4.39. The Morgan fingerprint density at radius 3 is 2.64 bits per heavy atom. The summed E-state index contributed by atoms with van der Waals surface area (Å²) in [7, 11) is 0. The van der Waals surface area contributed by atoms with Gasteiger partial charge < -0.3 is 15.5 Å². The van der Waals surface area contributed by atoms with E-state index in [1.807, 2.05) is 32.0 Å². The van der Waals surface area contributed by atoms with E-state index in [2.05, 4.69) is 37.9 Å². The summed E-state index contributed by atoms with van der Waals surface area (Å²) in [5, 5.41) is 13.1. The Bertz CT molecular complexity index is 1190. The van der Waals surface area contributed by atoms with Gasteiger partial charge in [-0.3, -0.25) is 5.10 Å². The minimum atomic E-state index is -4.54. The van der Waals surface area contributed by atoms with Crippen molar-refractivity contribution in [2.45, 2.75) is 50.5 Å². The fourth-order valence-corrected chi connectivity index (χ4v) is 4.39. The third-order valence-electron chi connectivity index (χ3n) is 6.33. The van der Waals surface area contributed by atoms with Crippen LogP contribution < -0.4 is 10.6 Å². The number of pyridine rings is 1. The predicted octanol–water partition coefficient (Wildman–Crippen LogP) is 4.88. The van der Waals surface area contributed by atoms with E-state index in [0.717, 1.165) is 23.7 Å². The number of fused-ring (bicyclic) bond motifs is 1. The minimum Gasteiger partial charge on any atom is -0.335 e. The highest BCUT2D eigenvalue weighted by molar-refractivity contribution is 5.78. The zero-order valence-electron chi connectivity index (χ0n) is 18.1. The molecule has 2 aliphatic rings. The van der Waals surface area contributed by atoms with Gasteiger partial charge in [0.2, 0.25) is 0 Å². The number of H-pyrrole nitrogens is 1. The Hall–Kier alpha value is -3.56. The van der Waals surface area contributed by atoms with Crippen LogP contribution in [0.4, 0.5) is 29.6 Å². The van der Waals surface area contributed by atoms with Crippen LogP contribution in [0.15, 0.2) is 48.5 Å². The molecular weight excluding hydrogens is 433 g/mol. The molecule has 0 spiro atoms. The van der Waals surface area contributed by atoms with Crippen molar-refractivity contribution in [1.82, 2.24) is 25.4 Å². The molecule has 3 aromatic rings. The number of urea groups is 1. The first-order valence-corrected chi connectivity index (χ1v) is 10.7. The van der Waals surface area contributed by atoms with Gasteiger partial charge in [-0.05, 0) is 38.0 Å². The van der Waals surface area contributed by atoms with Gasteiger partial charge in [0.05, 0.1) is 17.8 Å². The second-order valence-corrected chi connectivity index (χ2v) is 8.91. The van der Waals surface area contributed by atoms with Crippen LogP contribution in [0.5, 0.6) is 0 Å². The Labute approximate surface area is 188 Å². The van der Waals surface area contributed by atoms with Crippen molar-refractivity contribution in [2.24, 2.45) is 0 Å². The third kappa shape index (κ3) is 3.90. The molecule has 172 valence electrons. The molecule has 1 aliphatic carbocycles. The van der Waals surface area contributed by atoms with Gasteiger partial charge >= 0.3 is 12.2 Å². The Morgan fingerprint density at radius 2 is 1.91 bits per heavy atom. The Balaban J connectivity index is 1.30. The Morgan fingerprint density at radius 1 is 1.15 bits per heavy atom. The third-order valence-corrected chi connectivity index (χ3v) is 6.33. The van der Waals surface area contributed by atoms with Gasteiger partial charge in [-0.25, -0.2) is 9.78 Å². The first-order valence-electron chi connectivity index (χ1n) is 10.7. The highest BCUT2D eigenvalue weighted by Gasteiger charge is 2.46. The summed E-state index contributed by atoms with van der Waals surface area (Å²) < 4.78 is 39.0. The van der Waals surface area contributed by atoms with E-state index in [1.54, 1.807) is 4.90 Å². The summed E-state index contributed by atoms with van der Waals surface area (Å²) in [6.45, 7) is 4.09. The maximum absolute atomic E-state index is 13.1. The number of carbonyl (C=O) groups is 1. The van der Waals surface area contributed by atoms with E-state index in [9.17, 15) is 18.0 Å². The van der Waals surface area contributed by atoms with Crippen molar-refractivity contribution < 1.29 is 18.0 Å². The SMILES string of the molecule is CC1(C)c2[nH]nc(Nc3cccc(C(F)(F)F)n3)c2CN1C(=O)N[C@@H]1C[C@H]1c1ccccc1. The molecule has 33 heavy (non-hydrogen) atoms. The van der Waals surface area contributed by atoms with Crippen molar-refractivity contribution >= 4 is 17.7 Å². The molecule has 0 radical (unpaired) electrons. The molecule has 1 aliphatic heterocycles. The number of alkyl halides is 3. The smallest absolute Gasteiger partial charge is 0.335 e. The summed E-state index contributed by atoms with van der Waals surface area (Å²) in [5.74, 6) is 0.696. The second-order valence-electron chi connectivity index (χ2n) is 8.91. The largest absolute Gasteiger partial charge is 0.433 e. The molecule has 0 saturated heterocycles. The zero-order valence-corrected chi connectivity index (χ0v) is 18.1. The molecular formula is C23H23F3N6O. The summed E-state index contributed by atoms with van der Waals surface area (Å²) in [6.07, 6.45) is -3.65. The molecule has 3 N–H and O–H groups in total. The standard InChI is InChI=1S/C23H23F3N6O/c1-22(2)19-15(20(31-30-19)29-18-10-6-9-17(28-18)23(24,25)26)12-32(22)21(33)27-16-11-14(16)13-7-4-3-5-8-13/h3-10,14,16H,11-12H2,1-2H3,(H,27,33)(H2,28,29,30,31)/t14-,16+/m0/s1. The quantitative estimate of drug-likeness (QED) is 0.522. The molecule has 1 saturated carbocycles. The molecule has 1 fully saturated rings. The number of benzene rings is 1. The number of hydrogen-bond acceptors (Lipinski definition) is 4. The Kier molecular flexibility index (Phi) is 4.84. The lowest BCUT2D eigenvalue weighted by Crippen LogP contribution is -2.47. The molecule has 2 atom stereocenters. The number of halogens is 3. The molecule has 1 aromatic carbocycles. The van der Waals surface area contributed by atoms with E-state index < -0.39 is 17.4 Å². The van der Waals surface area contributed by atoms with Crippen LogP contribution in [0.3, 0.4) is 0 Å². The maximum atomic E-state index is 13.1. The van der Waals surface area contributed by atoms with Crippen LogP contribution in [0.2, 0.25) is 0 Å². The van der Waals surface area contributed by atoms with Crippen molar-refractivity contribution in [2.75, 3.05) is 5.32 Å². The lowest BCUT2D eigenvalue weighted by atomic mass is 10.0. The molecule has 3 heterocycles. The lowest BCUT2D eigenvalue weighted by molar-refractivity contribution is -0.141. The highest BCUT2D eigenvalue weighted by Crippen LogP contribution is 2.43. The highest BCUT2D eigenvalue weighted by atomic mass is 19.4. The number of aromatic nitrogens is 3. The minimum absolute atomic E-state index is 0.0310. The first-order chi connectivity index (χ1) is 15.6. The van der Waals surface area contributed by atoms with Crippen LogP contribution in [0.25, 0.3) is 0 Å². The van der Waals surface area contributed by atoms with E-state index in [-0.39, 0.29) is 24.4 Å². The predicted molar refractivity (Wildman–Crippen MR) is 116 cm³/mol. The molecule has 2 amide bonds. The zero-order chi connectivity index (χ0) is 23.4. The summed E-state index contributed by atoms with van der Waals surface area (Å²) in [6, 6.07) is 13.6. The van der Waals surface area contributed by atoms with Gasteiger partial charge in [-0.15, -0.1) is 0 Å². The van der Waals surface area contributed by atoms with E-state index in [4.69, 9.17) is 0 Å². The first kappa shape index (κ1) is 21.3. The van der Waals surface area contributed by atoms with E-state index in [0.29, 0.717) is 11.7 Å². The molecule has 0 unspecified atom stereocenters. The lowest BCUT2D eigenvalue weighted by Gasteiger charge is -2.32. The average Bonchev–Trinajstić information content (AvgIpc) is 3.33. The summed E-state index contributed by atoms with van der Waals surface area (Å²) in [5.41, 5.74) is 1.02. The van der Waals surface area contributed by atoms with Crippen molar-refractivity contribution in [3.05, 3.63) is 71.0 Å². The van der Waals surface area contributed by atoms with Gasteiger partial charge in [-0.1, -0.05) is 36.4 Å². The van der Waals surface area contributed by atoms with Crippen LogP contribution in [-0.4, -0.2) is 32.2 Å². The maximum Gasteiger partial charge on any atom is 0.433 e. The summed E-state index contributed by atoms with van der Waals surface area (Å²) >= 11 is 0. The molecule has 2 aromatic heterocycles. The van der Waals surface area contributed by atoms with Crippen LogP contribution >= 0.6 is 0 Å². The number of rotatable bonds is 4. The van der Waals surface area contributed by atoms with E-state index in [1.165, 1.54) is 17.7 Å². The monoisotopic (exact) mass is 456 g/mol.